The number of aromatic nitrogens is 8. The summed E-state index contributed by atoms with van der Waals surface area (Å²) < 4.78 is 15.9. The number of phenols is 15. The van der Waals surface area contributed by atoms with Crippen LogP contribution in [0.25, 0.3) is 135 Å². The first-order valence-corrected chi connectivity index (χ1v) is 39.8. The van der Waals surface area contributed by atoms with Gasteiger partial charge in [-0.3, -0.25) is 0 Å². The monoisotopic (exact) mass is 1670 g/mol. The van der Waals surface area contributed by atoms with E-state index in [9.17, 15) is 76.6 Å². The molecule has 20 rings (SSSR count). The predicted molar refractivity (Wildman–Crippen MR) is 480 cm³/mol. The molecular formula is C101H87N9O15+4. The van der Waals surface area contributed by atoms with E-state index < -0.39 is 0 Å². The van der Waals surface area contributed by atoms with Crippen molar-refractivity contribution in [2.45, 2.75) is 20.8 Å². The zero-order valence-corrected chi connectivity index (χ0v) is 69.2. The van der Waals surface area contributed by atoms with Crippen molar-refractivity contribution in [2.24, 2.45) is 28.2 Å². The van der Waals surface area contributed by atoms with Crippen molar-refractivity contribution in [2.75, 3.05) is 19.0 Å². The number of rotatable bonds is 9. The van der Waals surface area contributed by atoms with Gasteiger partial charge in [0.2, 0.25) is 22.8 Å². The maximum atomic E-state index is 10.7. The van der Waals surface area contributed by atoms with Crippen LogP contribution in [0.3, 0.4) is 0 Å². The first-order valence-electron chi connectivity index (χ1n) is 39.8. The average Bonchev–Trinajstić information content (AvgIpc) is 1.59. The number of hydrogen-bond acceptors (Lipinski definition) is 16. The number of fused-ring (bicyclic) bond motifs is 12. The number of phenolic OH excluding ortho intramolecular Hbond substituents is 15. The molecule has 0 radical (unpaired) electrons. The molecule has 0 atom stereocenters. The normalized spacial score (nSPS) is 12.2. The standard InChI is InChI=1S/C26H23N3O.2C25H20N2O5.C25H20N2O4/c1-27(2)20-11-9-18(10-12-20)15-22-23-16-21(30)13-14-24(23)29-26(22)17-25(28(29)3)19-7-5-4-6-8-19;1-13-3-4-14(10-22(13)30)9-16-19-12-18(15-5-7-20(28)23(31)11-15)26(2)27(19)17-6-8-21(29)25(32)24(16)17;1-13-3-4-14(8-22(13)29)7-16-17-10-24(31)25(32)12-20(17)27-19(16)11-18(26(27)2)15-5-6-21(28)23(30)9-15;1-14-3-4-15(10-24(14)30)9-18-19-12-17(28)6-7-20(19)27-22(18)13-21(26(27)2)16-5-8-23(29)25(31)11-16/h4-17H,1-3H3;2*3-12,29-32H,1-2H3;3-13,28,30-31H,1-2H3/p+4/b;16-9+;16-7-;18-9-. The molecule has 24 heteroatoms. The highest BCUT2D eigenvalue weighted by molar-refractivity contribution is 5.98. The molecule has 0 spiro atoms. The third-order valence-electron chi connectivity index (χ3n) is 23.2. The molecule has 0 bridgehead atoms. The minimum atomic E-state index is -0.235. The van der Waals surface area contributed by atoms with Crippen molar-refractivity contribution in [3.63, 3.8) is 0 Å². The van der Waals surface area contributed by atoms with Crippen molar-refractivity contribution in [3.8, 4) is 131 Å². The van der Waals surface area contributed by atoms with E-state index >= 15 is 0 Å². The minimum Gasteiger partial charge on any atom is -0.508 e. The van der Waals surface area contributed by atoms with Crippen LogP contribution in [0, 0.1) is 20.8 Å². The maximum Gasteiger partial charge on any atom is 0.239 e. The fourth-order valence-corrected chi connectivity index (χ4v) is 16.5. The molecule has 12 aromatic carbocycles. The van der Waals surface area contributed by atoms with Crippen LogP contribution < -0.4 is 44.5 Å². The molecule has 0 amide bonds. The van der Waals surface area contributed by atoms with Gasteiger partial charge in [0.05, 0.1) is 22.1 Å². The topological polar surface area (TPSA) is 340 Å². The van der Waals surface area contributed by atoms with Gasteiger partial charge in [-0.1, -0.05) is 66.7 Å². The summed E-state index contributed by atoms with van der Waals surface area (Å²) >= 11 is 0. The minimum absolute atomic E-state index is 0.166. The van der Waals surface area contributed by atoms with Gasteiger partial charge in [-0.15, -0.1) is 36.8 Å². The number of benzene rings is 12. The fraction of sp³-hybridized carbons (Fsp3) is 0.0891. The van der Waals surface area contributed by atoms with E-state index in [4.69, 9.17) is 0 Å². The predicted octanol–water partition coefficient (Wildman–Crippen LogP) is 13.1. The van der Waals surface area contributed by atoms with Crippen molar-refractivity contribution < 1.29 is 95.3 Å². The van der Waals surface area contributed by atoms with E-state index in [2.05, 4.69) is 81.8 Å². The van der Waals surface area contributed by atoms with Gasteiger partial charge >= 0.3 is 0 Å². The summed E-state index contributed by atoms with van der Waals surface area (Å²) in [5, 5.41) is 157. The molecule has 0 unspecified atom stereocenters. The molecule has 622 valence electrons. The lowest BCUT2D eigenvalue weighted by Crippen LogP contribution is -2.36. The molecule has 0 saturated carbocycles. The van der Waals surface area contributed by atoms with Gasteiger partial charge in [-0.05, 0) is 236 Å². The van der Waals surface area contributed by atoms with Crippen molar-refractivity contribution in [1.29, 1.82) is 0 Å². The Hall–Kier alpha value is -16.8. The van der Waals surface area contributed by atoms with Crippen LogP contribution in [0.4, 0.5) is 5.69 Å². The Labute approximate surface area is 712 Å². The van der Waals surface area contributed by atoms with Gasteiger partial charge in [0.1, 0.15) is 72.9 Å². The highest BCUT2D eigenvalue weighted by Crippen LogP contribution is 2.39. The second-order valence-electron chi connectivity index (χ2n) is 31.4. The zero-order chi connectivity index (χ0) is 88.2. The lowest BCUT2D eigenvalue weighted by atomic mass is 10.1. The molecule has 125 heavy (non-hydrogen) atoms. The Morgan fingerprint density at radius 3 is 0.976 bits per heavy atom. The SMILES string of the molecule is CN(C)c1ccc(/C=c2/c3cc(O)ccc3n3c2cc(-c2ccccc2)[n+]3C)cc1.Cc1ccc(/C=c2/c3c(O)c(O)ccc3n3c2cc(-c2ccc(O)c(O)c2)[n+]3C)cc1O.Cc1ccc(/C=c2/c3cc(O)c(O)cc3n3c2cc(-c2ccc(O)c(O)c2)[n+]3C)cc1O.Cc1ccc(/C=c2/c3cc(O)ccc3n3c2cc(-c2ccc(O)c(O)c2)[n+]3C)cc1O. The van der Waals surface area contributed by atoms with Crippen molar-refractivity contribution in [1.82, 2.24) is 18.1 Å². The van der Waals surface area contributed by atoms with Gasteiger partial charge in [0.15, 0.2) is 85.7 Å². The van der Waals surface area contributed by atoms with Crippen LogP contribution in [0.2, 0.25) is 0 Å². The van der Waals surface area contributed by atoms with Crippen LogP contribution in [0.1, 0.15) is 38.9 Å². The fourth-order valence-electron chi connectivity index (χ4n) is 16.5. The molecule has 0 aliphatic carbocycles. The summed E-state index contributed by atoms with van der Waals surface area (Å²) in [7, 11) is 11.8. The molecular weight excluding hydrogens is 1580 g/mol. The van der Waals surface area contributed by atoms with E-state index in [0.29, 0.717) is 32.8 Å². The second-order valence-corrected chi connectivity index (χ2v) is 31.4. The Morgan fingerprint density at radius 1 is 0.248 bits per heavy atom. The summed E-state index contributed by atoms with van der Waals surface area (Å²) in [6.45, 7) is 5.48. The lowest BCUT2D eigenvalue weighted by Gasteiger charge is -2.11. The molecule has 20 aromatic rings. The van der Waals surface area contributed by atoms with Crippen molar-refractivity contribution >= 4 is 95.7 Å². The number of nitrogens with zero attached hydrogens (tertiary/aromatic N) is 9. The van der Waals surface area contributed by atoms with Gasteiger partial charge in [0, 0.05) is 92.7 Å². The van der Waals surface area contributed by atoms with Crippen LogP contribution in [-0.4, -0.2) is 109 Å². The van der Waals surface area contributed by atoms with E-state index in [0.717, 1.165) is 132 Å². The summed E-state index contributed by atoms with van der Waals surface area (Å²) in [4.78, 5) is 2.09. The molecule has 0 saturated heterocycles. The summed E-state index contributed by atoms with van der Waals surface area (Å²) in [6, 6.07) is 74.2. The van der Waals surface area contributed by atoms with Crippen LogP contribution in [-0.2, 0) is 28.2 Å². The molecule has 8 heterocycles. The first-order chi connectivity index (χ1) is 59.9. The van der Waals surface area contributed by atoms with Gasteiger partial charge in [-0.25, -0.2) is 0 Å². The highest BCUT2D eigenvalue weighted by atomic mass is 16.3. The summed E-state index contributed by atoms with van der Waals surface area (Å²) in [5.74, 6) is -1.06. The number of aromatic hydroxyl groups is 15. The summed E-state index contributed by atoms with van der Waals surface area (Å²) in [6.07, 6.45) is 7.93. The third kappa shape index (κ3) is 14.5. The Balaban J connectivity index is 0.000000118. The van der Waals surface area contributed by atoms with Gasteiger partial charge in [0.25, 0.3) is 0 Å². The molecule has 24 nitrogen and oxygen atoms in total. The van der Waals surface area contributed by atoms with Crippen LogP contribution in [0.15, 0.2) is 249 Å². The number of hydrogen-bond donors (Lipinski definition) is 15. The Kier molecular flexibility index (Phi) is 20.3. The van der Waals surface area contributed by atoms with E-state index in [1.54, 1.807) is 60.7 Å². The Bertz CT molecular complexity index is 7980. The molecule has 15 N–H and O–H groups in total. The highest BCUT2D eigenvalue weighted by Gasteiger charge is 2.30. The Morgan fingerprint density at radius 2 is 0.576 bits per heavy atom. The molecule has 0 aliphatic rings. The third-order valence-corrected chi connectivity index (χ3v) is 23.2. The van der Waals surface area contributed by atoms with Gasteiger partial charge < -0.3 is 81.5 Å². The van der Waals surface area contributed by atoms with E-state index in [1.165, 1.54) is 65.8 Å². The van der Waals surface area contributed by atoms with Crippen LogP contribution in [0.5, 0.6) is 86.2 Å². The second kappa shape index (κ2) is 31.4. The lowest BCUT2D eigenvalue weighted by molar-refractivity contribution is -0.725. The first kappa shape index (κ1) is 80.6. The number of aryl methyl sites for hydroxylation is 7. The number of anilines is 1. The zero-order valence-electron chi connectivity index (χ0n) is 69.2. The maximum absolute atomic E-state index is 10.7. The smallest absolute Gasteiger partial charge is 0.239 e. The molecule has 8 aromatic heterocycles. The molecule has 0 aliphatic heterocycles. The van der Waals surface area contributed by atoms with Crippen LogP contribution >= 0.6 is 0 Å². The van der Waals surface area contributed by atoms with E-state index in [-0.39, 0.29) is 86.2 Å². The largest absolute Gasteiger partial charge is 0.508 e. The average molecular weight is 1670 g/mol. The van der Waals surface area contributed by atoms with Crippen molar-refractivity contribution in [3.05, 3.63) is 309 Å². The quantitative estimate of drug-likeness (QED) is 0.0472. The molecule has 0 fully saturated rings. The van der Waals surface area contributed by atoms with E-state index in [1.807, 2.05) is 181 Å². The van der Waals surface area contributed by atoms with Gasteiger partial charge in [-0.2, -0.15) is 0 Å². The summed E-state index contributed by atoms with van der Waals surface area (Å²) in [5.41, 5.74) is 20.8.